The quantitative estimate of drug-likeness (QED) is 0.709. The van der Waals surface area contributed by atoms with Gasteiger partial charge in [-0.15, -0.1) is 0 Å². The molecule has 2 amide bonds. The number of anilines is 1. The smallest absolute Gasteiger partial charge is 0.434 e. The summed E-state index contributed by atoms with van der Waals surface area (Å²) in [6, 6.07) is 4.32. The molecule has 0 spiro atoms. The number of halogens is 3. The molecule has 0 saturated heterocycles. The molecular formula is C17H23F3N2O4. The Kier molecular flexibility index (Phi) is 6.17. The van der Waals surface area contributed by atoms with Gasteiger partial charge in [0.25, 0.3) is 0 Å². The summed E-state index contributed by atoms with van der Waals surface area (Å²) in [7, 11) is 0. The predicted molar refractivity (Wildman–Crippen MR) is 89.5 cm³/mol. The highest BCUT2D eigenvalue weighted by atomic mass is 19.4. The van der Waals surface area contributed by atoms with Gasteiger partial charge in [0.1, 0.15) is 11.2 Å². The molecule has 1 N–H and O–H groups in total. The van der Waals surface area contributed by atoms with Crippen LogP contribution in [0, 0.1) is 0 Å². The van der Waals surface area contributed by atoms with Gasteiger partial charge in [-0.1, -0.05) is 12.1 Å². The number of hydrogen-bond donors (Lipinski definition) is 1. The lowest BCUT2D eigenvalue weighted by atomic mass is 10.1. The Labute approximate surface area is 150 Å². The van der Waals surface area contributed by atoms with E-state index in [0.717, 1.165) is 12.1 Å². The van der Waals surface area contributed by atoms with E-state index < -0.39 is 40.8 Å². The van der Waals surface area contributed by atoms with Crippen molar-refractivity contribution in [3.63, 3.8) is 0 Å². The molecule has 6 nitrogen and oxygen atoms in total. The summed E-state index contributed by atoms with van der Waals surface area (Å²) < 4.78 is 50.0. The zero-order valence-electron chi connectivity index (χ0n) is 15.5. The fourth-order valence-electron chi connectivity index (χ4n) is 1.81. The summed E-state index contributed by atoms with van der Waals surface area (Å²) in [5.74, 6) is 0. The van der Waals surface area contributed by atoms with Crippen LogP contribution >= 0.6 is 0 Å². The van der Waals surface area contributed by atoms with Gasteiger partial charge in [-0.25, -0.2) is 15.0 Å². The van der Waals surface area contributed by atoms with Crippen molar-refractivity contribution in [3.8, 4) is 0 Å². The monoisotopic (exact) mass is 376 g/mol. The minimum atomic E-state index is -4.74. The van der Waals surface area contributed by atoms with Crippen molar-refractivity contribution in [3.05, 3.63) is 29.8 Å². The first-order valence-electron chi connectivity index (χ1n) is 7.79. The highest BCUT2D eigenvalue weighted by Gasteiger charge is 2.38. The number of hydrazine groups is 1. The number of alkyl halides is 3. The minimum absolute atomic E-state index is 0.391. The number of para-hydroxylation sites is 1. The number of carbonyl (C=O) groups is 2. The van der Waals surface area contributed by atoms with Crippen molar-refractivity contribution in [2.45, 2.75) is 58.9 Å². The number of amides is 2. The molecule has 26 heavy (non-hydrogen) atoms. The largest absolute Gasteiger partial charge is 0.443 e. The van der Waals surface area contributed by atoms with E-state index in [0.29, 0.717) is 5.01 Å². The first-order valence-corrected chi connectivity index (χ1v) is 7.79. The van der Waals surface area contributed by atoms with Crippen LogP contribution in [0.2, 0.25) is 0 Å². The Balaban J connectivity index is 3.29. The average Bonchev–Trinajstić information content (AvgIpc) is 2.40. The van der Waals surface area contributed by atoms with Gasteiger partial charge in [-0.05, 0) is 53.7 Å². The van der Waals surface area contributed by atoms with Gasteiger partial charge in [0.2, 0.25) is 0 Å². The molecular weight excluding hydrogens is 353 g/mol. The van der Waals surface area contributed by atoms with Crippen molar-refractivity contribution >= 4 is 17.9 Å². The van der Waals surface area contributed by atoms with E-state index in [1.807, 2.05) is 5.43 Å². The fourth-order valence-corrected chi connectivity index (χ4v) is 1.81. The Morgan fingerprint density at radius 2 is 1.42 bits per heavy atom. The van der Waals surface area contributed by atoms with Gasteiger partial charge in [-0.2, -0.15) is 18.2 Å². The molecule has 0 aliphatic heterocycles. The molecule has 0 aliphatic rings. The normalized spacial score (nSPS) is 12.3. The van der Waals surface area contributed by atoms with Gasteiger partial charge in [0, 0.05) is 0 Å². The number of benzene rings is 1. The Morgan fingerprint density at radius 1 is 0.923 bits per heavy atom. The fraction of sp³-hybridized carbons (Fsp3) is 0.529. The topological polar surface area (TPSA) is 67.9 Å². The summed E-state index contributed by atoms with van der Waals surface area (Å²) in [4.78, 5) is 24.4. The number of carbonyl (C=O) groups excluding carboxylic acids is 2. The van der Waals surface area contributed by atoms with Crippen LogP contribution in [0.15, 0.2) is 24.3 Å². The third kappa shape index (κ3) is 6.81. The minimum Gasteiger partial charge on any atom is -0.443 e. The molecule has 0 saturated carbocycles. The maximum absolute atomic E-state index is 13.3. The van der Waals surface area contributed by atoms with Crippen LogP contribution in [-0.4, -0.2) is 23.4 Å². The standard InChI is InChI=1S/C17H23F3N2O4/c1-15(2,3)25-13(23)21-22(14(24)26-16(4,5)6)12-10-8-7-9-11(12)17(18,19)20/h7-10H,1-6H3,(H,21,23). The van der Waals surface area contributed by atoms with Crippen LogP contribution in [-0.2, 0) is 15.7 Å². The molecule has 0 atom stereocenters. The molecule has 0 heterocycles. The van der Waals surface area contributed by atoms with Crippen LogP contribution < -0.4 is 10.4 Å². The zero-order chi connectivity index (χ0) is 20.3. The molecule has 9 heteroatoms. The van der Waals surface area contributed by atoms with E-state index in [2.05, 4.69) is 0 Å². The lowest BCUT2D eigenvalue weighted by Crippen LogP contribution is -2.50. The third-order valence-corrected chi connectivity index (χ3v) is 2.63. The number of hydrogen-bond acceptors (Lipinski definition) is 4. The molecule has 0 radical (unpaired) electrons. The maximum Gasteiger partial charge on any atom is 0.434 e. The second kappa shape index (κ2) is 7.43. The number of rotatable bonds is 1. The van der Waals surface area contributed by atoms with Crippen LogP contribution in [0.3, 0.4) is 0 Å². The molecule has 1 aromatic rings. The summed E-state index contributed by atoms with van der Waals surface area (Å²) in [5.41, 5.74) is -1.57. The van der Waals surface area contributed by atoms with Gasteiger partial charge in [-0.3, -0.25) is 0 Å². The lowest BCUT2D eigenvalue weighted by Gasteiger charge is -2.30. The zero-order valence-corrected chi connectivity index (χ0v) is 15.5. The lowest BCUT2D eigenvalue weighted by molar-refractivity contribution is -0.137. The number of ether oxygens (including phenoxy) is 2. The molecule has 146 valence electrons. The van der Waals surface area contributed by atoms with Crippen LogP contribution in [0.25, 0.3) is 0 Å². The molecule has 0 fully saturated rings. The van der Waals surface area contributed by atoms with Gasteiger partial charge in [0.15, 0.2) is 0 Å². The third-order valence-electron chi connectivity index (χ3n) is 2.63. The Morgan fingerprint density at radius 3 is 1.88 bits per heavy atom. The van der Waals surface area contributed by atoms with Crippen LogP contribution in [0.1, 0.15) is 47.1 Å². The first-order chi connectivity index (χ1) is 11.6. The maximum atomic E-state index is 13.3. The van der Waals surface area contributed by atoms with E-state index in [1.54, 1.807) is 41.5 Å². The molecule has 0 aliphatic carbocycles. The van der Waals surface area contributed by atoms with Crippen LogP contribution in [0.5, 0.6) is 0 Å². The van der Waals surface area contributed by atoms with Crippen molar-refractivity contribution in [2.24, 2.45) is 0 Å². The highest BCUT2D eigenvalue weighted by molar-refractivity contribution is 5.91. The number of nitrogens with one attached hydrogen (secondary N) is 1. The van der Waals surface area contributed by atoms with E-state index in [4.69, 9.17) is 9.47 Å². The first kappa shape index (κ1) is 21.6. The summed E-state index contributed by atoms with van der Waals surface area (Å²) in [5, 5.41) is 0.391. The van der Waals surface area contributed by atoms with E-state index in [-0.39, 0.29) is 0 Å². The highest BCUT2D eigenvalue weighted by Crippen LogP contribution is 2.36. The van der Waals surface area contributed by atoms with Crippen molar-refractivity contribution in [2.75, 3.05) is 5.01 Å². The number of nitrogens with zero attached hydrogens (tertiary/aromatic N) is 1. The van der Waals surface area contributed by atoms with Gasteiger partial charge >= 0.3 is 18.4 Å². The summed E-state index contributed by atoms with van der Waals surface area (Å²) in [6.45, 7) is 9.38. The predicted octanol–water partition coefficient (Wildman–Crippen LogP) is 4.89. The molecule has 1 aromatic carbocycles. The molecule has 0 bridgehead atoms. The van der Waals surface area contributed by atoms with E-state index in [9.17, 15) is 22.8 Å². The van der Waals surface area contributed by atoms with Crippen molar-refractivity contribution in [1.29, 1.82) is 0 Å². The molecule has 0 unspecified atom stereocenters. The van der Waals surface area contributed by atoms with Crippen molar-refractivity contribution < 1.29 is 32.2 Å². The molecule has 1 rings (SSSR count). The Hall–Kier alpha value is -2.45. The van der Waals surface area contributed by atoms with E-state index >= 15 is 0 Å². The van der Waals surface area contributed by atoms with Crippen LogP contribution in [0.4, 0.5) is 28.4 Å². The van der Waals surface area contributed by atoms with E-state index in [1.165, 1.54) is 12.1 Å². The average molecular weight is 376 g/mol. The summed E-state index contributed by atoms with van der Waals surface area (Å²) in [6.07, 6.45) is -7.02. The van der Waals surface area contributed by atoms with Crippen molar-refractivity contribution in [1.82, 2.24) is 5.43 Å². The SMILES string of the molecule is CC(C)(C)OC(=O)NN(C(=O)OC(C)(C)C)c1ccccc1C(F)(F)F. The van der Waals surface area contributed by atoms with Gasteiger partial charge in [0.05, 0.1) is 11.3 Å². The summed E-state index contributed by atoms with van der Waals surface area (Å²) >= 11 is 0. The second-order valence-electron chi connectivity index (χ2n) is 7.44. The Bertz CT molecular complexity index is 661. The molecule has 0 aromatic heterocycles. The second-order valence-corrected chi connectivity index (χ2v) is 7.44. The van der Waals surface area contributed by atoms with Gasteiger partial charge < -0.3 is 9.47 Å².